The molecule has 0 unspecified atom stereocenters. The molecule has 27 heavy (non-hydrogen) atoms. The summed E-state index contributed by atoms with van der Waals surface area (Å²) in [5, 5.41) is 2.87. The molecular formula is C23H28N2O2. The maximum Gasteiger partial charge on any atom is 0.248 e. The van der Waals surface area contributed by atoms with E-state index in [0.717, 1.165) is 16.8 Å². The van der Waals surface area contributed by atoms with Gasteiger partial charge in [-0.3, -0.25) is 9.59 Å². The van der Waals surface area contributed by atoms with Crippen LogP contribution in [-0.4, -0.2) is 23.3 Å². The number of hydrogen-bond acceptors (Lipinski definition) is 2. The number of anilines is 1. The van der Waals surface area contributed by atoms with Gasteiger partial charge in [0.1, 0.15) is 0 Å². The standard InChI is InChI=1S/C23H28N2O2/c1-5-25(18(4)26)16-20-7-6-8-22(15-20)24-23(27)14-11-19-9-12-21(13-10-19)17(2)3/h6-15,17H,5,16H2,1-4H3,(H,24,27)/b14-11+. The lowest BCUT2D eigenvalue weighted by Gasteiger charge is -2.19. The second kappa shape index (κ2) is 9.72. The molecule has 1 N–H and O–H groups in total. The van der Waals surface area contributed by atoms with E-state index in [0.29, 0.717) is 19.0 Å². The maximum atomic E-state index is 12.2. The molecule has 0 fully saturated rings. The van der Waals surface area contributed by atoms with Gasteiger partial charge in [-0.15, -0.1) is 0 Å². The molecule has 0 atom stereocenters. The van der Waals surface area contributed by atoms with Crippen LogP contribution in [0, 0.1) is 0 Å². The van der Waals surface area contributed by atoms with E-state index >= 15 is 0 Å². The van der Waals surface area contributed by atoms with Crippen molar-refractivity contribution in [3.8, 4) is 0 Å². The average molecular weight is 364 g/mol. The van der Waals surface area contributed by atoms with E-state index in [-0.39, 0.29) is 11.8 Å². The molecule has 0 saturated heterocycles. The van der Waals surface area contributed by atoms with Crippen LogP contribution in [-0.2, 0) is 16.1 Å². The second-order valence-corrected chi connectivity index (χ2v) is 6.88. The van der Waals surface area contributed by atoms with E-state index in [9.17, 15) is 9.59 Å². The quantitative estimate of drug-likeness (QED) is 0.715. The van der Waals surface area contributed by atoms with Gasteiger partial charge in [0.2, 0.25) is 11.8 Å². The molecule has 4 heteroatoms. The minimum Gasteiger partial charge on any atom is -0.339 e. The molecule has 0 spiro atoms. The van der Waals surface area contributed by atoms with Crippen molar-refractivity contribution in [2.75, 3.05) is 11.9 Å². The number of amides is 2. The van der Waals surface area contributed by atoms with Crippen LogP contribution in [0.2, 0.25) is 0 Å². The Hall–Kier alpha value is -2.88. The van der Waals surface area contributed by atoms with Crippen molar-refractivity contribution in [3.63, 3.8) is 0 Å². The Kier molecular flexibility index (Phi) is 7.35. The molecule has 2 aromatic rings. The third-order valence-electron chi connectivity index (χ3n) is 4.43. The van der Waals surface area contributed by atoms with Crippen LogP contribution in [0.1, 0.15) is 50.3 Å². The van der Waals surface area contributed by atoms with Crippen LogP contribution in [0.5, 0.6) is 0 Å². The van der Waals surface area contributed by atoms with Crippen molar-refractivity contribution in [1.82, 2.24) is 4.90 Å². The number of hydrogen-bond donors (Lipinski definition) is 1. The first-order valence-electron chi connectivity index (χ1n) is 9.32. The molecule has 0 aromatic heterocycles. The minimum absolute atomic E-state index is 0.0401. The topological polar surface area (TPSA) is 49.4 Å². The highest BCUT2D eigenvalue weighted by molar-refractivity contribution is 6.01. The van der Waals surface area contributed by atoms with Crippen molar-refractivity contribution in [3.05, 3.63) is 71.3 Å². The second-order valence-electron chi connectivity index (χ2n) is 6.88. The largest absolute Gasteiger partial charge is 0.339 e. The van der Waals surface area contributed by atoms with Crippen molar-refractivity contribution < 1.29 is 9.59 Å². The van der Waals surface area contributed by atoms with Gasteiger partial charge in [-0.2, -0.15) is 0 Å². The van der Waals surface area contributed by atoms with Crippen LogP contribution in [0.25, 0.3) is 6.08 Å². The molecular weight excluding hydrogens is 336 g/mol. The molecule has 0 bridgehead atoms. The van der Waals surface area contributed by atoms with E-state index in [1.54, 1.807) is 17.9 Å². The summed E-state index contributed by atoms with van der Waals surface area (Å²) in [7, 11) is 0. The number of carbonyl (C=O) groups excluding carboxylic acids is 2. The van der Waals surface area contributed by atoms with Crippen molar-refractivity contribution >= 4 is 23.6 Å². The Labute approximate surface area is 161 Å². The molecule has 4 nitrogen and oxygen atoms in total. The van der Waals surface area contributed by atoms with Crippen molar-refractivity contribution in [2.24, 2.45) is 0 Å². The fraction of sp³-hybridized carbons (Fsp3) is 0.304. The fourth-order valence-corrected chi connectivity index (χ4v) is 2.76. The van der Waals surface area contributed by atoms with Crippen LogP contribution >= 0.6 is 0 Å². The highest BCUT2D eigenvalue weighted by Crippen LogP contribution is 2.16. The molecule has 2 rings (SSSR count). The average Bonchev–Trinajstić information content (AvgIpc) is 2.65. The van der Waals surface area contributed by atoms with Gasteiger partial charge < -0.3 is 10.2 Å². The zero-order chi connectivity index (χ0) is 19.8. The zero-order valence-electron chi connectivity index (χ0n) is 16.5. The summed E-state index contributed by atoms with van der Waals surface area (Å²) in [6, 6.07) is 15.8. The van der Waals surface area contributed by atoms with Gasteiger partial charge in [0.05, 0.1) is 0 Å². The summed E-state index contributed by atoms with van der Waals surface area (Å²) in [6.45, 7) is 9.02. The minimum atomic E-state index is -0.181. The predicted molar refractivity (Wildman–Crippen MR) is 111 cm³/mol. The first-order chi connectivity index (χ1) is 12.9. The van der Waals surface area contributed by atoms with Gasteiger partial charge in [0, 0.05) is 31.8 Å². The maximum absolute atomic E-state index is 12.2. The summed E-state index contributed by atoms with van der Waals surface area (Å²) in [5.74, 6) is 0.350. The lowest BCUT2D eigenvalue weighted by atomic mass is 10.0. The van der Waals surface area contributed by atoms with E-state index in [1.807, 2.05) is 43.3 Å². The lowest BCUT2D eigenvalue weighted by molar-refractivity contribution is -0.129. The molecule has 0 aliphatic rings. The normalized spacial score (nSPS) is 11.0. The molecule has 142 valence electrons. The monoisotopic (exact) mass is 364 g/mol. The summed E-state index contributed by atoms with van der Waals surface area (Å²) in [5.41, 5.74) is 3.97. The summed E-state index contributed by atoms with van der Waals surface area (Å²) >= 11 is 0. The Balaban J connectivity index is 1.99. The molecule has 0 aliphatic heterocycles. The number of nitrogens with zero attached hydrogens (tertiary/aromatic N) is 1. The van der Waals surface area contributed by atoms with Crippen LogP contribution < -0.4 is 5.32 Å². The van der Waals surface area contributed by atoms with E-state index in [2.05, 4.69) is 31.3 Å². The SMILES string of the molecule is CCN(Cc1cccc(NC(=O)/C=C/c2ccc(C(C)C)cc2)c1)C(C)=O. The van der Waals surface area contributed by atoms with Gasteiger partial charge in [0.25, 0.3) is 0 Å². The summed E-state index contributed by atoms with van der Waals surface area (Å²) in [4.78, 5) is 25.5. The first-order valence-corrected chi connectivity index (χ1v) is 9.32. The molecule has 0 saturated carbocycles. The molecule has 0 radical (unpaired) electrons. The third-order valence-corrected chi connectivity index (χ3v) is 4.43. The van der Waals surface area contributed by atoms with Gasteiger partial charge >= 0.3 is 0 Å². The van der Waals surface area contributed by atoms with Crippen LogP contribution in [0.3, 0.4) is 0 Å². The van der Waals surface area contributed by atoms with E-state index in [4.69, 9.17) is 0 Å². The van der Waals surface area contributed by atoms with E-state index < -0.39 is 0 Å². The van der Waals surface area contributed by atoms with E-state index in [1.165, 1.54) is 11.6 Å². The third kappa shape index (κ3) is 6.41. The van der Waals surface area contributed by atoms with Gasteiger partial charge in [-0.05, 0) is 47.7 Å². The summed E-state index contributed by atoms with van der Waals surface area (Å²) in [6.07, 6.45) is 3.34. The fourth-order valence-electron chi connectivity index (χ4n) is 2.76. The number of benzene rings is 2. The van der Waals surface area contributed by atoms with Gasteiger partial charge in [-0.1, -0.05) is 50.2 Å². The Bertz CT molecular complexity index is 807. The molecule has 2 amide bonds. The van der Waals surface area contributed by atoms with Crippen molar-refractivity contribution in [1.29, 1.82) is 0 Å². The number of nitrogens with one attached hydrogen (secondary N) is 1. The van der Waals surface area contributed by atoms with Gasteiger partial charge in [0.15, 0.2) is 0 Å². The molecule has 2 aromatic carbocycles. The Morgan fingerprint density at radius 2 is 1.81 bits per heavy atom. The zero-order valence-corrected chi connectivity index (χ0v) is 16.5. The number of rotatable bonds is 7. The molecule has 0 aliphatic carbocycles. The highest BCUT2D eigenvalue weighted by atomic mass is 16.2. The predicted octanol–water partition coefficient (Wildman–Crippen LogP) is 4.83. The van der Waals surface area contributed by atoms with Gasteiger partial charge in [-0.25, -0.2) is 0 Å². The first kappa shape index (κ1) is 20.4. The Morgan fingerprint density at radius 3 is 2.41 bits per heavy atom. The van der Waals surface area contributed by atoms with Crippen LogP contribution in [0.15, 0.2) is 54.6 Å². The number of carbonyl (C=O) groups is 2. The smallest absolute Gasteiger partial charge is 0.248 e. The lowest BCUT2D eigenvalue weighted by Crippen LogP contribution is -2.27. The highest BCUT2D eigenvalue weighted by Gasteiger charge is 2.07. The summed E-state index contributed by atoms with van der Waals surface area (Å²) < 4.78 is 0. The van der Waals surface area contributed by atoms with Crippen LogP contribution in [0.4, 0.5) is 5.69 Å². The molecule has 0 heterocycles. The Morgan fingerprint density at radius 1 is 1.11 bits per heavy atom. The van der Waals surface area contributed by atoms with Crippen molar-refractivity contribution in [2.45, 2.75) is 40.2 Å².